The van der Waals surface area contributed by atoms with Crippen molar-refractivity contribution in [3.8, 4) is 0 Å². The summed E-state index contributed by atoms with van der Waals surface area (Å²) in [6.45, 7) is 0. The Labute approximate surface area is 90.7 Å². The summed E-state index contributed by atoms with van der Waals surface area (Å²) in [6, 6.07) is 5.29. The molecule has 0 bridgehead atoms. The number of nitrogens with two attached hydrogens (primary N) is 1. The molecule has 0 spiro atoms. The van der Waals surface area contributed by atoms with Crippen LogP contribution in [0.2, 0.25) is 0 Å². The summed E-state index contributed by atoms with van der Waals surface area (Å²) in [4.78, 5) is -0.147. The van der Waals surface area contributed by atoms with E-state index in [2.05, 4.69) is 0 Å². The number of rotatable bonds is 1. The molecule has 1 aromatic rings. The Kier molecular flexibility index (Phi) is 4.14. The smallest absolute Gasteiger partial charge is 0.294 e. The topological polar surface area (TPSA) is 80.4 Å². The average Bonchev–Trinajstić information content (AvgIpc) is 1.86. The minimum Gasteiger partial charge on any atom is -0.399 e. The Hall–Kier alpha value is -0.148. The van der Waals surface area contributed by atoms with Crippen LogP contribution in [-0.2, 0) is 10.1 Å². The van der Waals surface area contributed by atoms with Gasteiger partial charge in [0.15, 0.2) is 0 Å². The van der Waals surface area contributed by atoms with E-state index in [9.17, 15) is 8.42 Å². The predicted molar refractivity (Wildman–Crippen MR) is 46.4 cm³/mol. The largest absolute Gasteiger partial charge is 0.399 e. The molecule has 63 valence electrons. The Bertz CT molecular complexity index is 346. The third-order valence-corrected chi connectivity index (χ3v) is 2.05. The molecule has 0 aromatic heterocycles. The maximum absolute atomic E-state index is 10.5. The number of anilines is 1. The summed E-state index contributed by atoms with van der Waals surface area (Å²) < 4.78 is 29.4. The standard InChI is InChI=1S/C6H7NO3S.Tl/c7-5-1-3-6(4-2-5)11(8,9)10;/h1-4H,7H2,(H,8,9,10);. The van der Waals surface area contributed by atoms with Crippen molar-refractivity contribution < 1.29 is 13.0 Å². The van der Waals surface area contributed by atoms with Crippen molar-refractivity contribution >= 4 is 43.1 Å². The molecule has 3 N–H and O–H groups in total. The zero-order valence-electron chi connectivity index (χ0n) is 6.14. The summed E-state index contributed by atoms with van der Waals surface area (Å²) >= 11 is 0. The molecule has 4 nitrogen and oxygen atoms in total. The van der Waals surface area contributed by atoms with Crippen LogP contribution in [0.3, 0.4) is 0 Å². The second-order valence-electron chi connectivity index (χ2n) is 2.04. The fourth-order valence-electron chi connectivity index (χ4n) is 0.640. The third kappa shape index (κ3) is 3.07. The van der Waals surface area contributed by atoms with Gasteiger partial charge in [-0.05, 0) is 24.3 Å². The van der Waals surface area contributed by atoms with Crippen LogP contribution in [0.25, 0.3) is 0 Å². The van der Waals surface area contributed by atoms with E-state index in [4.69, 9.17) is 10.3 Å². The van der Waals surface area contributed by atoms with Crippen molar-refractivity contribution in [2.24, 2.45) is 0 Å². The zero-order chi connectivity index (χ0) is 8.48. The van der Waals surface area contributed by atoms with E-state index in [1.165, 1.54) is 24.3 Å². The summed E-state index contributed by atoms with van der Waals surface area (Å²) in [5, 5.41) is 0. The van der Waals surface area contributed by atoms with Crippen LogP contribution in [0, 0.1) is 0 Å². The van der Waals surface area contributed by atoms with Gasteiger partial charge in [-0.1, -0.05) is 0 Å². The van der Waals surface area contributed by atoms with Gasteiger partial charge in [0.25, 0.3) is 10.1 Å². The van der Waals surface area contributed by atoms with Crippen LogP contribution in [0.4, 0.5) is 5.69 Å². The van der Waals surface area contributed by atoms with E-state index in [0.29, 0.717) is 5.69 Å². The molecule has 0 amide bonds. The van der Waals surface area contributed by atoms with Crippen LogP contribution >= 0.6 is 0 Å². The molecule has 0 saturated heterocycles. The van der Waals surface area contributed by atoms with Gasteiger partial charge in [0, 0.05) is 33.0 Å². The Morgan fingerprint density at radius 3 is 1.92 bits per heavy atom. The molecule has 0 atom stereocenters. The monoisotopic (exact) mass is 378 g/mol. The normalized spacial score (nSPS) is 10.4. The van der Waals surface area contributed by atoms with E-state index < -0.39 is 10.1 Å². The fourth-order valence-corrected chi connectivity index (χ4v) is 1.12. The van der Waals surface area contributed by atoms with E-state index in [0.717, 1.165) is 0 Å². The molecule has 12 heavy (non-hydrogen) atoms. The molecule has 0 unspecified atom stereocenters. The molecule has 0 heterocycles. The predicted octanol–water partition coefficient (Wildman–Crippen LogP) is 0.135. The number of benzene rings is 1. The SMILES string of the molecule is Nc1ccc(S(=O)(=O)O)cc1.[Tl]. The van der Waals surface area contributed by atoms with Crippen LogP contribution in [0.1, 0.15) is 0 Å². The maximum Gasteiger partial charge on any atom is 0.294 e. The minimum absolute atomic E-state index is 0. The Morgan fingerprint density at radius 2 is 1.58 bits per heavy atom. The Balaban J connectivity index is 0.00000121. The molecule has 0 saturated carbocycles. The van der Waals surface area contributed by atoms with Gasteiger partial charge in [0.05, 0.1) is 4.90 Å². The number of hydrogen-bond donors (Lipinski definition) is 2. The van der Waals surface area contributed by atoms with Crippen molar-refractivity contribution in [3.63, 3.8) is 0 Å². The van der Waals surface area contributed by atoms with Gasteiger partial charge in [0.1, 0.15) is 0 Å². The van der Waals surface area contributed by atoms with Gasteiger partial charge >= 0.3 is 0 Å². The Morgan fingerprint density at radius 1 is 1.17 bits per heavy atom. The van der Waals surface area contributed by atoms with Crippen LogP contribution in [0.15, 0.2) is 29.2 Å². The molecule has 1 aromatic carbocycles. The van der Waals surface area contributed by atoms with Gasteiger partial charge in [-0.15, -0.1) is 0 Å². The van der Waals surface area contributed by atoms with Crippen molar-refractivity contribution in [3.05, 3.63) is 24.3 Å². The summed E-state index contributed by atoms with van der Waals surface area (Å²) in [5.74, 6) is 0. The van der Waals surface area contributed by atoms with Gasteiger partial charge in [-0.2, -0.15) is 8.42 Å². The van der Waals surface area contributed by atoms with Crippen molar-refractivity contribution in [2.75, 3.05) is 5.73 Å². The zero-order valence-corrected chi connectivity index (χ0v) is 11.4. The van der Waals surface area contributed by atoms with Gasteiger partial charge in [-0.25, -0.2) is 0 Å². The molecule has 0 aliphatic rings. The second kappa shape index (κ2) is 4.19. The van der Waals surface area contributed by atoms with Crippen LogP contribution in [0.5, 0.6) is 0 Å². The van der Waals surface area contributed by atoms with Gasteiger partial charge in [0.2, 0.25) is 0 Å². The van der Waals surface area contributed by atoms with Crippen LogP contribution in [-0.4, -0.2) is 40.3 Å². The minimum atomic E-state index is -4.08. The number of hydrogen-bond acceptors (Lipinski definition) is 3. The molecule has 0 aliphatic heterocycles. The average molecular weight is 378 g/mol. The van der Waals surface area contributed by atoms with Crippen LogP contribution < -0.4 is 5.73 Å². The molecule has 0 aliphatic carbocycles. The first-order valence-electron chi connectivity index (χ1n) is 2.83. The van der Waals surface area contributed by atoms with E-state index in [-0.39, 0.29) is 32.2 Å². The molecule has 1 radical (unpaired) electrons. The summed E-state index contributed by atoms with van der Waals surface area (Å²) in [5.41, 5.74) is 5.75. The quantitative estimate of drug-likeness (QED) is 0.414. The van der Waals surface area contributed by atoms with Gasteiger partial charge < -0.3 is 5.73 Å². The number of nitrogen functional groups attached to an aromatic ring is 1. The first kappa shape index (κ1) is 11.9. The van der Waals surface area contributed by atoms with E-state index in [1.54, 1.807) is 0 Å². The molecule has 6 heteroatoms. The summed E-state index contributed by atoms with van der Waals surface area (Å²) in [6.07, 6.45) is 0. The van der Waals surface area contributed by atoms with Crippen molar-refractivity contribution in [1.29, 1.82) is 0 Å². The fraction of sp³-hybridized carbons (Fsp3) is 0. The maximum atomic E-state index is 10.5. The van der Waals surface area contributed by atoms with Crippen molar-refractivity contribution in [1.82, 2.24) is 0 Å². The molecular formula is C6H7NO3STl. The first-order chi connectivity index (χ1) is 5.00. The molecule has 1 rings (SSSR count). The van der Waals surface area contributed by atoms with Gasteiger partial charge in [-0.3, -0.25) is 4.55 Å². The third-order valence-electron chi connectivity index (χ3n) is 1.18. The van der Waals surface area contributed by atoms with E-state index >= 15 is 0 Å². The molecule has 0 fully saturated rings. The summed E-state index contributed by atoms with van der Waals surface area (Å²) in [7, 11) is -4.08. The van der Waals surface area contributed by atoms with E-state index in [1.807, 2.05) is 0 Å². The second-order valence-corrected chi connectivity index (χ2v) is 3.47. The molecular weight excluding hydrogens is 371 g/mol. The van der Waals surface area contributed by atoms with Crippen molar-refractivity contribution in [2.45, 2.75) is 4.90 Å². The first-order valence-corrected chi connectivity index (χ1v) is 4.27.